The van der Waals surface area contributed by atoms with Gasteiger partial charge in [0.15, 0.2) is 6.61 Å². The van der Waals surface area contributed by atoms with Crippen molar-refractivity contribution < 1.29 is 19.4 Å². The second kappa shape index (κ2) is 9.80. The van der Waals surface area contributed by atoms with Crippen molar-refractivity contribution in [2.75, 3.05) is 6.61 Å². The molecule has 1 aromatic heterocycles. The molecular formula is C19H17ClN2O4S. The van der Waals surface area contributed by atoms with E-state index in [0.717, 1.165) is 0 Å². The number of thiol groups is 1. The Kier molecular flexibility index (Phi) is 7.45. The van der Waals surface area contributed by atoms with Crippen molar-refractivity contribution in [1.82, 2.24) is 10.3 Å². The molecular weight excluding hydrogens is 388 g/mol. The van der Waals surface area contributed by atoms with Crippen molar-refractivity contribution in [1.29, 1.82) is 0 Å². The van der Waals surface area contributed by atoms with Gasteiger partial charge in [-0.15, -0.1) is 12.6 Å². The van der Waals surface area contributed by atoms with Crippen LogP contribution in [-0.4, -0.2) is 28.6 Å². The minimum atomic E-state index is -1.23. The molecule has 0 aliphatic rings. The Morgan fingerprint density at radius 3 is 2.56 bits per heavy atom. The van der Waals surface area contributed by atoms with Crippen molar-refractivity contribution in [3.05, 3.63) is 76.1 Å². The van der Waals surface area contributed by atoms with Crippen molar-refractivity contribution in [3.8, 4) is 5.75 Å². The summed E-state index contributed by atoms with van der Waals surface area (Å²) in [4.78, 5) is 27.7. The number of hydrogen-bond donors (Lipinski definition) is 3. The van der Waals surface area contributed by atoms with Gasteiger partial charge in [0.2, 0.25) is 0 Å². The first-order valence-electron chi connectivity index (χ1n) is 7.84. The van der Waals surface area contributed by atoms with E-state index in [-0.39, 0.29) is 17.2 Å². The number of carbonyl (C=O) groups is 2. The summed E-state index contributed by atoms with van der Waals surface area (Å²) in [6.45, 7) is 1.38. The average Bonchev–Trinajstić information content (AvgIpc) is 2.65. The molecule has 0 bridgehead atoms. The van der Waals surface area contributed by atoms with Gasteiger partial charge >= 0.3 is 5.97 Å². The molecule has 1 aromatic carbocycles. The molecule has 8 heteroatoms. The molecule has 0 unspecified atom stereocenters. The first-order valence-corrected chi connectivity index (χ1v) is 8.66. The normalized spacial score (nSPS) is 12.2. The van der Waals surface area contributed by atoms with Gasteiger partial charge in [0, 0.05) is 11.2 Å². The molecule has 140 valence electrons. The van der Waals surface area contributed by atoms with Crippen LogP contribution in [0.1, 0.15) is 12.5 Å². The van der Waals surface area contributed by atoms with E-state index in [1.54, 1.807) is 55.6 Å². The van der Waals surface area contributed by atoms with Crippen LogP contribution in [0.5, 0.6) is 5.75 Å². The van der Waals surface area contributed by atoms with Crippen LogP contribution in [0.4, 0.5) is 0 Å². The maximum absolute atomic E-state index is 12.1. The SMILES string of the molecule is C/C=C(\C(C(=O)O)=C(/S)NC(=O)COc1cccnc1)c1ccc(Cl)cc1. The van der Waals surface area contributed by atoms with Gasteiger partial charge in [0.1, 0.15) is 5.75 Å². The van der Waals surface area contributed by atoms with Gasteiger partial charge in [0.05, 0.1) is 16.8 Å². The molecule has 0 radical (unpaired) electrons. The number of hydrogen-bond acceptors (Lipinski definition) is 5. The molecule has 0 fully saturated rings. The topological polar surface area (TPSA) is 88.5 Å². The maximum Gasteiger partial charge on any atom is 0.338 e. The van der Waals surface area contributed by atoms with Gasteiger partial charge in [0.25, 0.3) is 5.91 Å². The zero-order valence-electron chi connectivity index (χ0n) is 14.3. The van der Waals surface area contributed by atoms with Crippen molar-refractivity contribution >= 4 is 41.7 Å². The highest BCUT2D eigenvalue weighted by Crippen LogP contribution is 2.27. The molecule has 2 aromatic rings. The Bertz CT molecular complexity index is 880. The second-order valence-corrected chi connectivity index (χ2v) is 6.15. The number of carbonyl (C=O) groups excluding carboxylic acids is 1. The number of allylic oxidation sites excluding steroid dienone is 1. The first-order chi connectivity index (χ1) is 12.9. The van der Waals surface area contributed by atoms with Crippen LogP contribution in [0.25, 0.3) is 5.57 Å². The fourth-order valence-electron chi connectivity index (χ4n) is 2.24. The largest absolute Gasteiger partial charge is 0.482 e. The van der Waals surface area contributed by atoms with E-state index in [2.05, 4.69) is 22.9 Å². The van der Waals surface area contributed by atoms with Gasteiger partial charge in [-0.25, -0.2) is 4.79 Å². The summed E-state index contributed by atoms with van der Waals surface area (Å²) in [7, 11) is 0. The molecule has 1 heterocycles. The number of aromatic nitrogens is 1. The minimum absolute atomic E-state index is 0.0923. The van der Waals surface area contributed by atoms with Crippen LogP contribution in [0.2, 0.25) is 5.02 Å². The highest BCUT2D eigenvalue weighted by atomic mass is 35.5. The lowest BCUT2D eigenvalue weighted by Gasteiger charge is -2.13. The number of benzene rings is 1. The zero-order chi connectivity index (χ0) is 19.8. The number of carboxylic acids is 1. The summed E-state index contributed by atoms with van der Waals surface area (Å²) in [5, 5.41) is 12.5. The third-order valence-corrected chi connectivity index (χ3v) is 4.01. The number of halogens is 1. The van der Waals surface area contributed by atoms with Gasteiger partial charge < -0.3 is 15.2 Å². The van der Waals surface area contributed by atoms with E-state index in [1.807, 2.05) is 0 Å². The summed E-state index contributed by atoms with van der Waals surface area (Å²) in [5.41, 5.74) is 0.891. The van der Waals surface area contributed by atoms with E-state index < -0.39 is 11.9 Å². The Labute approximate surface area is 166 Å². The molecule has 0 spiro atoms. The smallest absolute Gasteiger partial charge is 0.338 e. The molecule has 27 heavy (non-hydrogen) atoms. The molecule has 6 nitrogen and oxygen atoms in total. The number of amides is 1. The van der Waals surface area contributed by atoms with Crippen LogP contribution in [0.3, 0.4) is 0 Å². The third-order valence-electron chi connectivity index (χ3n) is 3.43. The highest BCUT2D eigenvalue weighted by Gasteiger charge is 2.20. The third kappa shape index (κ3) is 5.87. The van der Waals surface area contributed by atoms with Crippen molar-refractivity contribution in [2.45, 2.75) is 6.92 Å². The van der Waals surface area contributed by atoms with Crippen LogP contribution in [0.15, 0.2) is 65.5 Å². The van der Waals surface area contributed by atoms with Crippen LogP contribution < -0.4 is 10.1 Å². The quantitative estimate of drug-likeness (QED) is 0.373. The molecule has 2 N–H and O–H groups in total. The molecule has 0 atom stereocenters. The molecule has 0 aliphatic heterocycles. The monoisotopic (exact) mass is 404 g/mol. The fourth-order valence-corrected chi connectivity index (χ4v) is 2.71. The van der Waals surface area contributed by atoms with Crippen LogP contribution >= 0.6 is 24.2 Å². The number of ether oxygens (including phenoxy) is 1. The number of pyridine rings is 1. The maximum atomic E-state index is 12.1. The second-order valence-electron chi connectivity index (χ2n) is 5.26. The Hall–Kier alpha value is -2.77. The average molecular weight is 405 g/mol. The van der Waals surface area contributed by atoms with E-state index in [0.29, 0.717) is 21.9 Å². The van der Waals surface area contributed by atoms with Gasteiger partial charge in [-0.2, -0.15) is 0 Å². The van der Waals surface area contributed by atoms with Crippen LogP contribution in [0, 0.1) is 0 Å². The minimum Gasteiger partial charge on any atom is -0.482 e. The predicted molar refractivity (Wildman–Crippen MR) is 107 cm³/mol. The zero-order valence-corrected chi connectivity index (χ0v) is 16.0. The number of carboxylic acid groups (broad SMARTS) is 1. The Morgan fingerprint density at radius 1 is 1.30 bits per heavy atom. The van der Waals surface area contributed by atoms with Gasteiger partial charge in [-0.05, 0) is 42.3 Å². The fraction of sp³-hybridized carbons (Fsp3) is 0.105. The summed E-state index contributed by atoms with van der Waals surface area (Å²) >= 11 is 10.1. The highest BCUT2D eigenvalue weighted by molar-refractivity contribution is 7.84. The van der Waals surface area contributed by atoms with Gasteiger partial charge in [-0.1, -0.05) is 29.8 Å². The van der Waals surface area contributed by atoms with Crippen LogP contribution in [-0.2, 0) is 9.59 Å². The molecule has 0 aliphatic carbocycles. The molecule has 0 saturated heterocycles. The lowest BCUT2D eigenvalue weighted by molar-refractivity contribution is -0.132. The van der Waals surface area contributed by atoms with E-state index >= 15 is 0 Å². The summed E-state index contributed by atoms with van der Waals surface area (Å²) in [5.74, 6) is -1.35. The predicted octanol–water partition coefficient (Wildman–Crippen LogP) is 3.56. The lowest BCUT2D eigenvalue weighted by atomic mass is 9.98. The number of nitrogens with one attached hydrogen (secondary N) is 1. The molecule has 0 saturated carbocycles. The summed E-state index contributed by atoms with van der Waals surface area (Å²) in [6, 6.07) is 10.0. The lowest BCUT2D eigenvalue weighted by Crippen LogP contribution is -2.28. The van der Waals surface area contributed by atoms with Crippen molar-refractivity contribution in [2.24, 2.45) is 0 Å². The summed E-state index contributed by atoms with van der Waals surface area (Å²) < 4.78 is 5.29. The number of rotatable bonds is 7. The Balaban J connectivity index is 2.19. The molecule has 1 amide bonds. The summed E-state index contributed by atoms with van der Waals surface area (Å²) in [6.07, 6.45) is 4.67. The number of nitrogens with zero attached hydrogens (tertiary/aromatic N) is 1. The number of aliphatic carboxylic acids is 1. The van der Waals surface area contributed by atoms with E-state index in [4.69, 9.17) is 16.3 Å². The standard InChI is InChI=1S/C19H17ClN2O4S/c1-2-15(12-5-7-13(20)8-6-12)17(19(24)25)18(27)22-16(23)11-26-14-4-3-9-21-10-14/h2-10,27H,11H2,1H3,(H,22,23)(H,24,25)/b15-2-,18-17+. The van der Waals surface area contributed by atoms with E-state index in [9.17, 15) is 14.7 Å². The Morgan fingerprint density at radius 2 is 2.00 bits per heavy atom. The van der Waals surface area contributed by atoms with Crippen molar-refractivity contribution in [3.63, 3.8) is 0 Å². The van der Waals surface area contributed by atoms with E-state index in [1.165, 1.54) is 6.20 Å². The van der Waals surface area contributed by atoms with Gasteiger partial charge in [-0.3, -0.25) is 9.78 Å². The molecule has 2 rings (SSSR count). The first kappa shape index (κ1) is 20.5.